The maximum Gasteiger partial charge on any atom is 0.252 e. The van der Waals surface area contributed by atoms with Crippen molar-refractivity contribution in [3.8, 4) is 78.4 Å². The first-order valence-electron chi connectivity index (χ1n) is 31.3. The zero-order valence-corrected chi connectivity index (χ0v) is 49.6. The highest BCUT2D eigenvalue weighted by Gasteiger charge is 2.44. The monoisotopic (exact) mass is 1150 g/mol. The Morgan fingerprint density at radius 2 is 0.505 bits per heavy atom. The van der Waals surface area contributed by atoms with Crippen molar-refractivity contribution in [1.82, 2.24) is 9.97 Å². The summed E-state index contributed by atoms with van der Waals surface area (Å²) in [5, 5.41) is 9.69. The van der Waals surface area contributed by atoms with E-state index in [-0.39, 0.29) is 6.71 Å². The molecule has 15 aromatic carbocycles. The lowest BCUT2D eigenvalue weighted by Crippen LogP contribution is -2.61. The van der Waals surface area contributed by atoms with Crippen LogP contribution in [0.1, 0.15) is 0 Å². The standard InChI is InChI=1S/C86H55BN4/c1-7-23-56(24-8-1)64-43-65(57-25-9-2-10-26-57)46-72(45-64)79-55-80(89-86(88-79)74-47-66(58-27-11-3-12-28-58)44-67(48-74)59-29-13-4-14-30-59)73-53-83-85-84(54-73)91(76-37-17-6-18-38-76)82-52-71-42-63-34-22-20-32-61(63)40-69(71)50-78(82)87(85)77-49-68-39-60-31-19-21-33-62(60)41-70(68)51-81(77)90(83)75-35-15-5-16-36-75/h1-55H. The summed E-state index contributed by atoms with van der Waals surface area (Å²) in [5.41, 5.74) is 23.8. The van der Waals surface area contributed by atoms with Crippen molar-refractivity contribution in [2.24, 2.45) is 0 Å². The lowest BCUT2D eigenvalue weighted by atomic mass is 9.33. The average Bonchev–Trinajstić information content (AvgIpc) is 0.720. The van der Waals surface area contributed by atoms with E-state index in [0.717, 1.165) is 107 Å². The summed E-state index contributed by atoms with van der Waals surface area (Å²) in [6.45, 7) is -0.151. The molecular weight excluding hydrogens is 1100 g/mol. The number of hydrogen-bond donors (Lipinski definition) is 0. The number of nitrogens with zero attached hydrogens (tertiary/aromatic N) is 4. The topological polar surface area (TPSA) is 32.3 Å². The molecule has 0 unspecified atom stereocenters. The summed E-state index contributed by atoms with van der Waals surface area (Å²) >= 11 is 0. The molecule has 18 rings (SSSR count). The van der Waals surface area contributed by atoms with Gasteiger partial charge in [0.05, 0.1) is 11.4 Å². The molecule has 1 aromatic heterocycles. The Morgan fingerprint density at radius 3 is 0.868 bits per heavy atom. The molecule has 0 saturated carbocycles. The van der Waals surface area contributed by atoms with Crippen molar-refractivity contribution in [2.45, 2.75) is 0 Å². The van der Waals surface area contributed by atoms with Crippen LogP contribution in [0.5, 0.6) is 0 Å². The van der Waals surface area contributed by atoms with Crippen LogP contribution in [0.3, 0.4) is 0 Å². The highest BCUT2D eigenvalue weighted by Crippen LogP contribution is 2.48. The van der Waals surface area contributed by atoms with E-state index in [2.05, 4.69) is 343 Å². The Labute approximate surface area is 529 Å². The van der Waals surface area contributed by atoms with Gasteiger partial charge in [-0.2, -0.15) is 0 Å². The van der Waals surface area contributed by atoms with Crippen LogP contribution < -0.4 is 26.2 Å². The molecular formula is C86H55BN4. The summed E-state index contributed by atoms with van der Waals surface area (Å²) in [5.74, 6) is 0.631. The van der Waals surface area contributed by atoms with Gasteiger partial charge in [-0.15, -0.1) is 0 Å². The minimum atomic E-state index is -0.151. The van der Waals surface area contributed by atoms with Crippen molar-refractivity contribution in [1.29, 1.82) is 0 Å². The molecule has 422 valence electrons. The molecule has 0 radical (unpaired) electrons. The van der Waals surface area contributed by atoms with E-state index in [1.165, 1.54) is 59.5 Å². The largest absolute Gasteiger partial charge is 0.311 e. The van der Waals surface area contributed by atoms with E-state index in [1.807, 2.05) is 0 Å². The first kappa shape index (κ1) is 52.2. The molecule has 0 spiro atoms. The molecule has 0 atom stereocenters. The van der Waals surface area contributed by atoms with E-state index in [9.17, 15) is 0 Å². The summed E-state index contributed by atoms with van der Waals surface area (Å²) in [6, 6.07) is 122. The molecule has 0 N–H and O–H groups in total. The van der Waals surface area contributed by atoms with E-state index in [0.29, 0.717) is 5.82 Å². The molecule has 5 heteroatoms. The summed E-state index contributed by atoms with van der Waals surface area (Å²) in [7, 11) is 0. The number of rotatable bonds is 9. The number of hydrogen-bond acceptors (Lipinski definition) is 4. The van der Waals surface area contributed by atoms with Crippen LogP contribution >= 0.6 is 0 Å². The molecule has 0 saturated heterocycles. The van der Waals surface area contributed by atoms with Crippen molar-refractivity contribution < 1.29 is 0 Å². The highest BCUT2D eigenvalue weighted by molar-refractivity contribution is 7.00. The predicted octanol–water partition coefficient (Wildman–Crippen LogP) is 20.8. The lowest BCUT2D eigenvalue weighted by molar-refractivity contribution is 1.18. The fraction of sp³-hybridized carbons (Fsp3) is 0. The SMILES string of the molecule is c1ccc(-c2cc(-c3ccccc3)cc(-c3cc(-c4cc5c6c(c4)N(c4ccccc4)c4cc7cc8ccccc8cc7cc4B6c4cc6cc7ccccc7cc6cc4N5c4ccccc4)nc(-c4cc(-c5ccccc5)cc(-c5ccccc5)c4)n3)c2)cc1. The van der Waals surface area contributed by atoms with Crippen LogP contribution in [-0.4, -0.2) is 16.7 Å². The zero-order chi connectivity index (χ0) is 59.9. The maximum absolute atomic E-state index is 5.87. The second-order valence-electron chi connectivity index (χ2n) is 24.1. The van der Waals surface area contributed by atoms with E-state index in [4.69, 9.17) is 9.97 Å². The van der Waals surface area contributed by atoms with Crippen LogP contribution in [-0.2, 0) is 0 Å². The van der Waals surface area contributed by atoms with Gasteiger partial charge in [0.1, 0.15) is 0 Å². The molecule has 16 aromatic rings. The molecule has 4 nitrogen and oxygen atoms in total. The van der Waals surface area contributed by atoms with Crippen molar-refractivity contribution in [3.63, 3.8) is 0 Å². The number of aromatic nitrogens is 2. The Morgan fingerprint density at radius 1 is 0.209 bits per heavy atom. The predicted molar refractivity (Wildman–Crippen MR) is 384 cm³/mol. The van der Waals surface area contributed by atoms with Gasteiger partial charge in [-0.3, -0.25) is 0 Å². The lowest BCUT2D eigenvalue weighted by Gasteiger charge is -2.44. The highest BCUT2D eigenvalue weighted by atomic mass is 15.2. The molecule has 0 bridgehead atoms. The van der Waals surface area contributed by atoms with E-state index < -0.39 is 0 Å². The van der Waals surface area contributed by atoms with Gasteiger partial charge >= 0.3 is 0 Å². The summed E-state index contributed by atoms with van der Waals surface area (Å²) in [4.78, 5) is 16.7. The molecule has 91 heavy (non-hydrogen) atoms. The third kappa shape index (κ3) is 9.16. The van der Waals surface area contributed by atoms with Gasteiger partial charge in [0.25, 0.3) is 6.71 Å². The average molecular weight is 1160 g/mol. The molecule has 3 heterocycles. The Hall–Kier alpha value is -11.9. The zero-order valence-electron chi connectivity index (χ0n) is 49.6. The van der Waals surface area contributed by atoms with Crippen LogP contribution in [0.15, 0.2) is 334 Å². The van der Waals surface area contributed by atoms with Crippen LogP contribution in [0.4, 0.5) is 34.1 Å². The van der Waals surface area contributed by atoms with Gasteiger partial charge in [0.15, 0.2) is 5.82 Å². The molecule has 0 fully saturated rings. The van der Waals surface area contributed by atoms with Gasteiger partial charge in [0.2, 0.25) is 0 Å². The Kier molecular flexibility index (Phi) is 12.3. The van der Waals surface area contributed by atoms with Gasteiger partial charge in [0, 0.05) is 50.8 Å². The molecule has 2 aliphatic rings. The fourth-order valence-electron chi connectivity index (χ4n) is 14.3. The first-order chi connectivity index (χ1) is 45.0. The number of para-hydroxylation sites is 2. The Balaban J connectivity index is 0.953. The minimum Gasteiger partial charge on any atom is -0.311 e. The van der Waals surface area contributed by atoms with E-state index >= 15 is 0 Å². The third-order valence-electron chi connectivity index (χ3n) is 18.6. The van der Waals surface area contributed by atoms with Crippen LogP contribution in [0, 0.1) is 0 Å². The van der Waals surface area contributed by atoms with Gasteiger partial charge in [-0.25, -0.2) is 9.97 Å². The van der Waals surface area contributed by atoms with Crippen molar-refractivity contribution in [2.75, 3.05) is 9.80 Å². The summed E-state index contributed by atoms with van der Waals surface area (Å²) < 4.78 is 0. The molecule has 0 amide bonds. The molecule has 2 aliphatic heterocycles. The first-order valence-corrected chi connectivity index (χ1v) is 31.3. The van der Waals surface area contributed by atoms with Crippen molar-refractivity contribution in [3.05, 3.63) is 334 Å². The van der Waals surface area contributed by atoms with E-state index in [1.54, 1.807) is 0 Å². The number of anilines is 6. The quantitative estimate of drug-likeness (QED) is 0.106. The molecule has 0 aliphatic carbocycles. The minimum absolute atomic E-state index is 0.151. The third-order valence-corrected chi connectivity index (χ3v) is 18.6. The second-order valence-corrected chi connectivity index (χ2v) is 24.1. The van der Waals surface area contributed by atoms with Gasteiger partial charge < -0.3 is 9.80 Å². The van der Waals surface area contributed by atoms with Gasteiger partial charge in [-0.1, -0.05) is 218 Å². The van der Waals surface area contributed by atoms with Crippen LogP contribution in [0.25, 0.3) is 122 Å². The van der Waals surface area contributed by atoms with Gasteiger partial charge in [-0.05, 0) is 219 Å². The maximum atomic E-state index is 5.87. The summed E-state index contributed by atoms with van der Waals surface area (Å²) in [6.07, 6.45) is 0. The Bertz CT molecular complexity index is 5080. The normalized spacial score (nSPS) is 12.3. The number of fused-ring (bicyclic) bond motifs is 8. The van der Waals surface area contributed by atoms with Crippen LogP contribution in [0.2, 0.25) is 0 Å². The number of benzene rings is 15. The fourth-order valence-corrected chi connectivity index (χ4v) is 14.3. The second kappa shape index (κ2) is 21.4. The van der Waals surface area contributed by atoms with Crippen molar-refractivity contribution >= 4 is 100 Å². The smallest absolute Gasteiger partial charge is 0.252 e.